The molecule has 0 spiro atoms. The van der Waals surface area contributed by atoms with Crippen LogP contribution in [0.2, 0.25) is 0 Å². The van der Waals surface area contributed by atoms with Crippen LogP contribution < -0.4 is 14.9 Å². The minimum Gasteiger partial charge on any atom is -0.379 e. The molecule has 5 aromatic carbocycles. The SMILES string of the molecule is O=C(NS(=O)(=O)c1ccc(NC(CCN2CCOCC2)CSc2ccccc2)c([N+](=O)[O-])c1)c1ccc(N2CCN(Cc3ccccc3-c3ccc(C(F)(F)F)cc3)CC2)cc1. The average molecular weight is 889 g/mol. The molecule has 2 N–H and O–H groups in total. The molecule has 1 unspecified atom stereocenters. The first kappa shape index (κ1) is 44.6. The van der Waals surface area contributed by atoms with Crippen molar-refractivity contribution in [3.05, 3.63) is 148 Å². The second-order valence-electron chi connectivity index (χ2n) is 15.1. The molecular weight excluding hydrogens is 842 g/mol. The number of hydrogen-bond acceptors (Lipinski definition) is 11. The van der Waals surface area contributed by atoms with E-state index in [1.807, 2.05) is 54.6 Å². The summed E-state index contributed by atoms with van der Waals surface area (Å²) in [5, 5.41) is 15.6. The summed E-state index contributed by atoms with van der Waals surface area (Å²) in [5.41, 5.74) is 2.61. The van der Waals surface area contributed by atoms with Crippen molar-refractivity contribution in [3.8, 4) is 11.1 Å². The summed E-state index contributed by atoms with van der Waals surface area (Å²) in [6.45, 7) is 7.06. The number of anilines is 2. The van der Waals surface area contributed by atoms with Crippen LogP contribution >= 0.6 is 11.8 Å². The Hall–Kier alpha value is -5.46. The second kappa shape index (κ2) is 20.2. The maximum absolute atomic E-state index is 13.4. The summed E-state index contributed by atoms with van der Waals surface area (Å²) in [7, 11) is -4.49. The van der Waals surface area contributed by atoms with Gasteiger partial charge in [0.2, 0.25) is 0 Å². The Bertz CT molecular complexity index is 2410. The molecule has 0 bridgehead atoms. The standard InChI is InChI=1S/C45H47F3N6O6S2/c46-45(47,48)36-14-10-33(11-15-36)41-9-5-4-6-35(41)31-52-22-24-53(25-23-52)38-16-12-34(13-17-38)44(55)50-62(58,59)40-18-19-42(43(30-40)54(56)57)49-37(20-21-51-26-28-60-29-27-51)32-61-39-7-2-1-3-8-39/h1-19,30,37,49H,20-29,31-32H2,(H,50,55). The van der Waals surface area contributed by atoms with Crippen molar-refractivity contribution in [1.82, 2.24) is 14.5 Å². The lowest BCUT2D eigenvalue weighted by atomic mass is 9.98. The summed E-state index contributed by atoms with van der Waals surface area (Å²) < 4.78 is 73.8. The third-order valence-electron chi connectivity index (χ3n) is 11.0. The zero-order chi connectivity index (χ0) is 43.7. The average Bonchev–Trinajstić information content (AvgIpc) is 3.28. The van der Waals surface area contributed by atoms with E-state index in [2.05, 4.69) is 24.7 Å². The molecule has 2 aliphatic heterocycles. The van der Waals surface area contributed by atoms with Crippen molar-refractivity contribution >= 4 is 44.8 Å². The van der Waals surface area contributed by atoms with Crippen LogP contribution in [0.1, 0.15) is 27.9 Å². The van der Waals surface area contributed by atoms with Crippen molar-refractivity contribution in [2.45, 2.75) is 35.0 Å². The largest absolute Gasteiger partial charge is 0.416 e. The van der Waals surface area contributed by atoms with Crippen LogP contribution in [0.3, 0.4) is 0 Å². The molecule has 0 radical (unpaired) electrons. The van der Waals surface area contributed by atoms with Gasteiger partial charge >= 0.3 is 6.18 Å². The Balaban J connectivity index is 0.951. The van der Waals surface area contributed by atoms with E-state index in [0.29, 0.717) is 63.7 Å². The molecule has 2 fully saturated rings. The number of piperazine rings is 1. The highest BCUT2D eigenvalue weighted by Gasteiger charge is 2.30. The van der Waals surface area contributed by atoms with Gasteiger partial charge in [-0.2, -0.15) is 13.2 Å². The number of carbonyl (C=O) groups excluding carboxylic acids is 1. The highest BCUT2D eigenvalue weighted by atomic mass is 32.2. The maximum atomic E-state index is 13.4. The summed E-state index contributed by atoms with van der Waals surface area (Å²) in [6, 6.07) is 32.7. The van der Waals surface area contributed by atoms with E-state index in [4.69, 9.17) is 4.74 Å². The van der Waals surface area contributed by atoms with Crippen LogP contribution in [0.5, 0.6) is 0 Å². The van der Waals surface area contributed by atoms with E-state index in [1.54, 1.807) is 23.9 Å². The molecule has 1 amide bonds. The third kappa shape index (κ3) is 11.7. The lowest BCUT2D eigenvalue weighted by Crippen LogP contribution is -2.46. The number of benzene rings is 5. The molecular formula is C45H47F3N6O6S2. The van der Waals surface area contributed by atoms with Gasteiger partial charge in [0.1, 0.15) is 5.69 Å². The Morgan fingerprint density at radius 2 is 1.50 bits per heavy atom. The van der Waals surface area contributed by atoms with E-state index >= 15 is 0 Å². The van der Waals surface area contributed by atoms with Gasteiger partial charge in [-0.1, -0.05) is 54.6 Å². The molecule has 1 atom stereocenters. The molecule has 0 saturated carbocycles. The number of morpholine rings is 1. The van der Waals surface area contributed by atoms with Crippen LogP contribution in [-0.2, 0) is 27.5 Å². The summed E-state index contributed by atoms with van der Waals surface area (Å²) in [5.74, 6) is -0.262. The molecule has 7 rings (SSSR count). The first-order valence-corrected chi connectivity index (χ1v) is 22.7. The van der Waals surface area contributed by atoms with Crippen LogP contribution in [0.25, 0.3) is 11.1 Å². The minimum absolute atomic E-state index is 0.0997. The fourth-order valence-electron chi connectivity index (χ4n) is 7.49. The molecule has 2 saturated heterocycles. The predicted molar refractivity (Wildman–Crippen MR) is 235 cm³/mol. The Kier molecular flexibility index (Phi) is 14.5. The van der Waals surface area contributed by atoms with Crippen molar-refractivity contribution in [3.63, 3.8) is 0 Å². The topological polar surface area (TPSA) is 137 Å². The van der Waals surface area contributed by atoms with Gasteiger partial charge in [-0.15, -0.1) is 11.8 Å². The van der Waals surface area contributed by atoms with Crippen LogP contribution in [0, 0.1) is 10.1 Å². The maximum Gasteiger partial charge on any atom is 0.416 e. The number of rotatable bonds is 16. The van der Waals surface area contributed by atoms with E-state index < -0.39 is 43.2 Å². The number of thioether (sulfide) groups is 1. The molecule has 2 heterocycles. The first-order valence-electron chi connectivity index (χ1n) is 20.3. The van der Waals surface area contributed by atoms with Crippen LogP contribution in [0.15, 0.2) is 131 Å². The lowest BCUT2D eigenvalue weighted by Gasteiger charge is -2.36. The number of nitrogens with one attached hydrogen (secondary N) is 2. The normalized spacial score (nSPS) is 15.8. The van der Waals surface area contributed by atoms with Crippen molar-refractivity contribution in [2.75, 3.05) is 75.0 Å². The zero-order valence-corrected chi connectivity index (χ0v) is 35.4. The number of nitro benzene ring substituents is 1. The van der Waals surface area contributed by atoms with Crippen LogP contribution in [-0.4, -0.2) is 99.9 Å². The van der Waals surface area contributed by atoms with Gasteiger partial charge in [-0.05, 0) is 83.8 Å². The number of nitro groups is 1. The van der Waals surface area contributed by atoms with Crippen molar-refractivity contribution in [1.29, 1.82) is 0 Å². The summed E-state index contributed by atoms with van der Waals surface area (Å²) >= 11 is 1.62. The molecule has 326 valence electrons. The molecule has 17 heteroatoms. The van der Waals surface area contributed by atoms with Crippen molar-refractivity contribution in [2.24, 2.45) is 0 Å². The van der Waals surface area contributed by atoms with E-state index in [0.717, 1.165) is 59.5 Å². The second-order valence-corrected chi connectivity index (χ2v) is 17.9. The van der Waals surface area contributed by atoms with Gasteiger partial charge in [0.05, 0.1) is 28.6 Å². The van der Waals surface area contributed by atoms with Gasteiger partial charge in [0, 0.05) is 86.4 Å². The van der Waals surface area contributed by atoms with E-state index in [9.17, 15) is 36.5 Å². The molecule has 62 heavy (non-hydrogen) atoms. The third-order valence-corrected chi connectivity index (χ3v) is 13.5. The van der Waals surface area contributed by atoms with Crippen LogP contribution in [0.4, 0.5) is 30.2 Å². The van der Waals surface area contributed by atoms with Gasteiger partial charge < -0.3 is 15.0 Å². The molecule has 0 aliphatic carbocycles. The number of amides is 1. The minimum atomic E-state index is -4.49. The smallest absolute Gasteiger partial charge is 0.379 e. The summed E-state index contributed by atoms with van der Waals surface area (Å²) in [6.07, 6.45) is -3.71. The number of hydrogen-bond donors (Lipinski definition) is 2. The first-order chi connectivity index (χ1) is 29.8. The molecule has 12 nitrogen and oxygen atoms in total. The zero-order valence-electron chi connectivity index (χ0n) is 33.8. The fourth-order valence-corrected chi connectivity index (χ4v) is 9.48. The number of carbonyl (C=O) groups is 1. The number of halogens is 3. The monoisotopic (exact) mass is 888 g/mol. The van der Waals surface area contributed by atoms with Gasteiger partial charge in [-0.25, -0.2) is 13.1 Å². The number of nitrogens with zero attached hydrogens (tertiary/aromatic N) is 4. The van der Waals surface area contributed by atoms with Gasteiger partial charge in [-0.3, -0.25) is 24.7 Å². The predicted octanol–water partition coefficient (Wildman–Crippen LogP) is 8.02. The summed E-state index contributed by atoms with van der Waals surface area (Å²) in [4.78, 5) is 32.3. The number of alkyl halides is 3. The van der Waals surface area contributed by atoms with E-state index in [1.165, 1.54) is 36.4 Å². The molecule has 2 aliphatic rings. The number of ether oxygens (including phenoxy) is 1. The molecule has 5 aromatic rings. The Morgan fingerprint density at radius 1 is 0.823 bits per heavy atom. The quantitative estimate of drug-likeness (QED) is 0.0567. The van der Waals surface area contributed by atoms with E-state index in [-0.39, 0.29) is 17.3 Å². The van der Waals surface area contributed by atoms with Gasteiger partial charge in [0.15, 0.2) is 0 Å². The fraction of sp³-hybridized carbons (Fsp3) is 0.311. The Labute approximate surface area is 363 Å². The van der Waals surface area contributed by atoms with Gasteiger partial charge in [0.25, 0.3) is 21.6 Å². The highest BCUT2D eigenvalue weighted by molar-refractivity contribution is 7.99. The highest BCUT2D eigenvalue weighted by Crippen LogP contribution is 2.33. The lowest BCUT2D eigenvalue weighted by molar-refractivity contribution is -0.384. The molecule has 0 aromatic heterocycles. The van der Waals surface area contributed by atoms with Crippen molar-refractivity contribution < 1.29 is 36.0 Å². The Morgan fingerprint density at radius 3 is 2.18 bits per heavy atom. The number of sulfonamides is 1.